The van der Waals surface area contributed by atoms with Crippen molar-refractivity contribution >= 4 is 6.03 Å². The highest BCUT2D eigenvalue weighted by Gasteiger charge is 2.49. The molecule has 0 spiro atoms. The molecular formula is C21H29N5O2. The maximum Gasteiger partial charge on any atom is 0.320 e. The van der Waals surface area contributed by atoms with Gasteiger partial charge in [0, 0.05) is 51.9 Å². The number of aromatic nitrogens is 2. The maximum absolute atomic E-state index is 12.9. The molecule has 1 N–H and O–H groups in total. The van der Waals surface area contributed by atoms with Crippen molar-refractivity contribution in [2.75, 3.05) is 40.8 Å². The molecule has 2 saturated heterocycles. The summed E-state index contributed by atoms with van der Waals surface area (Å²) >= 11 is 0. The van der Waals surface area contributed by atoms with Crippen LogP contribution in [-0.4, -0.2) is 71.5 Å². The van der Waals surface area contributed by atoms with Crippen LogP contribution in [0.1, 0.15) is 23.0 Å². The molecule has 2 fully saturated rings. The molecule has 1 aromatic heterocycles. The fourth-order valence-electron chi connectivity index (χ4n) is 4.71. The average Bonchev–Trinajstić information content (AvgIpc) is 3.36. The van der Waals surface area contributed by atoms with Gasteiger partial charge in [-0.25, -0.2) is 9.78 Å². The Balaban J connectivity index is 1.57. The number of imidazole rings is 1. The largest absolute Gasteiger partial charge is 0.497 e. The van der Waals surface area contributed by atoms with E-state index in [1.165, 1.54) is 5.56 Å². The van der Waals surface area contributed by atoms with E-state index in [-0.39, 0.29) is 12.1 Å². The van der Waals surface area contributed by atoms with Crippen molar-refractivity contribution in [2.45, 2.75) is 19.5 Å². The van der Waals surface area contributed by atoms with Crippen molar-refractivity contribution < 1.29 is 9.53 Å². The molecule has 28 heavy (non-hydrogen) atoms. The van der Waals surface area contributed by atoms with Crippen LogP contribution in [0.2, 0.25) is 0 Å². The molecular weight excluding hydrogens is 354 g/mol. The second-order valence-corrected chi connectivity index (χ2v) is 8.14. The number of fused-ring (bicyclic) bond motifs is 1. The van der Waals surface area contributed by atoms with Crippen molar-refractivity contribution in [3.63, 3.8) is 0 Å². The van der Waals surface area contributed by atoms with E-state index in [2.05, 4.69) is 33.9 Å². The zero-order valence-electron chi connectivity index (χ0n) is 17.1. The number of urea groups is 1. The van der Waals surface area contributed by atoms with Crippen LogP contribution in [0.4, 0.5) is 4.79 Å². The van der Waals surface area contributed by atoms with Crippen LogP contribution >= 0.6 is 0 Å². The molecule has 3 heterocycles. The number of aryl methyl sites for hydroxylation is 1. The van der Waals surface area contributed by atoms with E-state index in [4.69, 9.17) is 4.74 Å². The van der Waals surface area contributed by atoms with Crippen LogP contribution in [0.5, 0.6) is 5.75 Å². The highest BCUT2D eigenvalue weighted by Crippen LogP contribution is 2.45. The summed E-state index contributed by atoms with van der Waals surface area (Å²) < 4.78 is 5.31. The number of likely N-dealkylation sites (tertiary alicyclic amines) is 2. The van der Waals surface area contributed by atoms with Gasteiger partial charge < -0.3 is 19.5 Å². The Hall–Kier alpha value is -2.54. The van der Waals surface area contributed by atoms with Crippen molar-refractivity contribution in [3.8, 4) is 5.75 Å². The standard InChI is InChI=1S/C21H29N5O2/c1-14-19(23-13-22-14)12-25-9-16-10-26(21(27)24(2)3)20(18(16)11-25)15-5-7-17(28-4)8-6-15/h5-8,13,16,18,20H,9-12H2,1-4H3,(H,22,23)/t16-,18-,20+/m1/s1. The molecule has 0 saturated carbocycles. The SMILES string of the molecule is COc1ccc([C@H]2[C@@H]3CN(Cc4nc[nH]c4C)C[C@@H]3CN2C(=O)N(C)C)cc1. The van der Waals surface area contributed by atoms with Crippen LogP contribution in [0, 0.1) is 18.8 Å². The Morgan fingerprint density at radius 1 is 1.25 bits per heavy atom. The predicted molar refractivity (Wildman–Crippen MR) is 107 cm³/mol. The first-order valence-electron chi connectivity index (χ1n) is 9.81. The molecule has 1 aromatic carbocycles. The van der Waals surface area contributed by atoms with Crippen LogP contribution < -0.4 is 4.74 Å². The smallest absolute Gasteiger partial charge is 0.320 e. The van der Waals surface area contributed by atoms with Gasteiger partial charge in [-0.2, -0.15) is 0 Å². The van der Waals surface area contributed by atoms with Crippen molar-refractivity contribution in [1.82, 2.24) is 24.7 Å². The number of nitrogens with one attached hydrogen (secondary N) is 1. The number of rotatable bonds is 4. The number of nitrogens with zero attached hydrogens (tertiary/aromatic N) is 4. The molecule has 3 atom stereocenters. The first kappa shape index (κ1) is 18.8. The molecule has 2 aliphatic rings. The number of benzene rings is 1. The highest BCUT2D eigenvalue weighted by atomic mass is 16.5. The Labute approximate surface area is 166 Å². The van der Waals surface area contributed by atoms with E-state index in [9.17, 15) is 4.79 Å². The van der Waals surface area contributed by atoms with Crippen LogP contribution in [0.15, 0.2) is 30.6 Å². The van der Waals surface area contributed by atoms with Gasteiger partial charge in [0.25, 0.3) is 0 Å². The van der Waals surface area contributed by atoms with Gasteiger partial charge in [0.05, 0.1) is 25.2 Å². The van der Waals surface area contributed by atoms with Crippen LogP contribution in [0.3, 0.4) is 0 Å². The summed E-state index contributed by atoms with van der Waals surface area (Å²) in [6.07, 6.45) is 1.76. The summed E-state index contributed by atoms with van der Waals surface area (Å²) in [7, 11) is 5.33. The summed E-state index contributed by atoms with van der Waals surface area (Å²) in [5.41, 5.74) is 3.43. The second kappa shape index (κ2) is 7.47. The van der Waals surface area contributed by atoms with Gasteiger partial charge in [-0.3, -0.25) is 4.90 Å². The lowest BCUT2D eigenvalue weighted by molar-refractivity contribution is 0.151. The number of ether oxygens (including phenoxy) is 1. The number of carbonyl (C=O) groups is 1. The summed E-state index contributed by atoms with van der Waals surface area (Å²) in [6.45, 7) is 5.70. The number of carbonyl (C=O) groups excluding carboxylic acids is 1. The van der Waals surface area contributed by atoms with E-state index in [0.717, 1.165) is 43.3 Å². The number of hydrogen-bond donors (Lipinski definition) is 1. The number of methoxy groups -OCH3 is 1. The fraction of sp³-hybridized carbons (Fsp3) is 0.524. The lowest BCUT2D eigenvalue weighted by atomic mass is 9.89. The normalized spacial score (nSPS) is 24.4. The molecule has 150 valence electrons. The highest BCUT2D eigenvalue weighted by molar-refractivity contribution is 5.75. The van der Waals surface area contributed by atoms with Gasteiger partial charge >= 0.3 is 6.03 Å². The number of amides is 2. The molecule has 7 nitrogen and oxygen atoms in total. The third-order valence-corrected chi connectivity index (χ3v) is 6.13. The molecule has 0 aliphatic carbocycles. The zero-order valence-corrected chi connectivity index (χ0v) is 17.1. The van der Waals surface area contributed by atoms with E-state index in [1.807, 2.05) is 31.1 Å². The zero-order chi connectivity index (χ0) is 19.8. The third kappa shape index (κ3) is 3.35. The minimum Gasteiger partial charge on any atom is -0.497 e. The Bertz CT molecular complexity index is 832. The van der Waals surface area contributed by atoms with E-state index in [1.54, 1.807) is 18.3 Å². The van der Waals surface area contributed by atoms with Gasteiger partial charge in [-0.1, -0.05) is 12.1 Å². The van der Waals surface area contributed by atoms with Crippen molar-refractivity contribution in [3.05, 3.63) is 47.5 Å². The van der Waals surface area contributed by atoms with E-state index < -0.39 is 0 Å². The quantitative estimate of drug-likeness (QED) is 0.881. The molecule has 0 radical (unpaired) electrons. The lowest BCUT2D eigenvalue weighted by Crippen LogP contribution is -2.41. The van der Waals surface area contributed by atoms with Gasteiger partial charge in [0.2, 0.25) is 0 Å². The number of H-pyrrole nitrogens is 1. The van der Waals surface area contributed by atoms with Crippen molar-refractivity contribution in [2.24, 2.45) is 11.8 Å². The topological polar surface area (TPSA) is 64.7 Å². The molecule has 2 aliphatic heterocycles. The van der Waals surface area contributed by atoms with Crippen molar-refractivity contribution in [1.29, 1.82) is 0 Å². The van der Waals surface area contributed by atoms with Gasteiger partial charge in [0.1, 0.15) is 5.75 Å². The molecule has 7 heteroatoms. The van der Waals surface area contributed by atoms with E-state index >= 15 is 0 Å². The summed E-state index contributed by atoms with van der Waals surface area (Å²) in [6, 6.07) is 8.35. The summed E-state index contributed by atoms with van der Waals surface area (Å²) in [4.78, 5) is 26.7. The van der Waals surface area contributed by atoms with Gasteiger partial charge in [0.15, 0.2) is 0 Å². The van der Waals surface area contributed by atoms with Gasteiger partial charge in [-0.15, -0.1) is 0 Å². The Morgan fingerprint density at radius 3 is 2.61 bits per heavy atom. The van der Waals surface area contributed by atoms with E-state index in [0.29, 0.717) is 11.8 Å². The molecule has 0 bridgehead atoms. The fourth-order valence-corrected chi connectivity index (χ4v) is 4.71. The van der Waals surface area contributed by atoms with Crippen LogP contribution in [0.25, 0.3) is 0 Å². The lowest BCUT2D eigenvalue weighted by Gasteiger charge is -2.32. The molecule has 4 rings (SSSR count). The summed E-state index contributed by atoms with van der Waals surface area (Å²) in [5.74, 6) is 1.75. The minimum atomic E-state index is 0.0879. The minimum absolute atomic E-state index is 0.0879. The first-order valence-corrected chi connectivity index (χ1v) is 9.81. The third-order valence-electron chi connectivity index (χ3n) is 6.13. The first-order chi connectivity index (χ1) is 13.5. The number of hydrogen-bond acceptors (Lipinski definition) is 4. The predicted octanol–water partition coefficient (Wildman–Crippen LogP) is 2.51. The summed E-state index contributed by atoms with van der Waals surface area (Å²) in [5, 5.41) is 0. The Kier molecular flexibility index (Phi) is 5.02. The molecule has 0 unspecified atom stereocenters. The molecule has 2 aromatic rings. The Morgan fingerprint density at radius 2 is 2.00 bits per heavy atom. The molecule has 2 amide bonds. The number of aromatic amines is 1. The maximum atomic E-state index is 12.9. The van der Waals surface area contributed by atoms with Crippen LogP contribution in [-0.2, 0) is 6.54 Å². The second-order valence-electron chi connectivity index (χ2n) is 8.14. The van der Waals surface area contributed by atoms with Gasteiger partial charge in [-0.05, 0) is 30.5 Å². The average molecular weight is 383 g/mol. The monoisotopic (exact) mass is 383 g/mol.